The van der Waals surface area contributed by atoms with Gasteiger partial charge < -0.3 is 0 Å². The van der Waals surface area contributed by atoms with Crippen LogP contribution in [0, 0.1) is 19.7 Å². The van der Waals surface area contributed by atoms with E-state index in [0.29, 0.717) is 29.1 Å². The lowest BCUT2D eigenvalue weighted by Gasteiger charge is -2.18. The van der Waals surface area contributed by atoms with Gasteiger partial charge in [-0.05, 0) is 68.0 Å². The first-order valence-corrected chi connectivity index (χ1v) is 11.1. The number of halogens is 3. The number of benzene rings is 2. The molecule has 4 aromatic rings. The molecule has 0 bridgehead atoms. The highest BCUT2D eigenvalue weighted by Gasteiger charge is 2.19. The summed E-state index contributed by atoms with van der Waals surface area (Å²) in [5, 5.41) is 17.2. The second-order valence-corrected chi connectivity index (χ2v) is 8.97. The fourth-order valence-electron chi connectivity index (χ4n) is 3.81. The third-order valence-electron chi connectivity index (χ3n) is 5.31. The number of hydrogen-bond acceptors (Lipinski definition) is 4. The summed E-state index contributed by atoms with van der Waals surface area (Å²) in [5.41, 5.74) is 5.55. The summed E-state index contributed by atoms with van der Waals surface area (Å²) in [6, 6.07) is 7.15. The van der Waals surface area contributed by atoms with Crippen LogP contribution in [0.2, 0.25) is 10.0 Å². The van der Waals surface area contributed by atoms with E-state index in [-0.39, 0.29) is 10.9 Å². The van der Waals surface area contributed by atoms with E-state index in [4.69, 9.17) is 23.2 Å². The monoisotopic (exact) mass is 472 g/mol. The summed E-state index contributed by atoms with van der Waals surface area (Å²) in [5.74, 6) is -0.245. The zero-order chi connectivity index (χ0) is 23.0. The van der Waals surface area contributed by atoms with Crippen LogP contribution in [0.15, 0.2) is 36.7 Å². The molecule has 0 aliphatic carbocycles. The molecule has 2 aromatic heterocycles. The molecule has 0 fully saturated rings. The minimum atomic E-state index is -0.457. The summed E-state index contributed by atoms with van der Waals surface area (Å²) in [7, 11) is 0. The first-order valence-electron chi connectivity index (χ1n) is 10.3. The van der Waals surface area contributed by atoms with Crippen LogP contribution in [0.5, 0.6) is 0 Å². The molecule has 0 spiro atoms. The van der Waals surface area contributed by atoms with Crippen LogP contribution in [0.4, 0.5) is 4.39 Å². The summed E-state index contributed by atoms with van der Waals surface area (Å²) >= 11 is 12.6. The topological polar surface area (TPSA) is 61.4 Å². The maximum atomic E-state index is 15.1. The molecule has 0 N–H and O–H groups in total. The molecule has 0 unspecified atom stereocenters. The average Bonchev–Trinajstić information content (AvgIpc) is 3.36. The molecule has 0 saturated heterocycles. The maximum absolute atomic E-state index is 15.1. The molecule has 0 aliphatic heterocycles. The van der Waals surface area contributed by atoms with E-state index in [0.717, 1.165) is 28.2 Å². The highest BCUT2D eigenvalue weighted by Crippen LogP contribution is 2.32. The molecular weight excluding hydrogens is 450 g/mol. The number of rotatable bonds is 6. The molecule has 0 aliphatic rings. The van der Waals surface area contributed by atoms with E-state index in [2.05, 4.69) is 34.5 Å². The Labute approximate surface area is 196 Å². The molecular formula is C23H23Cl2FN6. The van der Waals surface area contributed by atoms with Gasteiger partial charge in [0.25, 0.3) is 0 Å². The van der Waals surface area contributed by atoms with Gasteiger partial charge in [0.05, 0.1) is 40.2 Å². The summed E-state index contributed by atoms with van der Waals surface area (Å²) in [6.07, 6.45) is 4.54. The fraction of sp³-hybridized carbons (Fsp3) is 0.304. The lowest BCUT2D eigenvalue weighted by atomic mass is 9.94. The van der Waals surface area contributed by atoms with Gasteiger partial charge in [-0.25, -0.2) is 13.8 Å². The van der Waals surface area contributed by atoms with Crippen LogP contribution in [0.25, 0.3) is 11.4 Å². The van der Waals surface area contributed by atoms with Crippen molar-refractivity contribution >= 4 is 23.2 Å². The van der Waals surface area contributed by atoms with Gasteiger partial charge in [0.15, 0.2) is 0 Å². The van der Waals surface area contributed by atoms with Crippen LogP contribution in [-0.4, -0.2) is 30.0 Å². The van der Waals surface area contributed by atoms with Crippen LogP contribution < -0.4 is 0 Å². The van der Waals surface area contributed by atoms with Gasteiger partial charge in [-0.3, -0.25) is 0 Å². The fourth-order valence-corrected chi connectivity index (χ4v) is 4.23. The Bertz CT molecular complexity index is 1280. The van der Waals surface area contributed by atoms with Gasteiger partial charge in [0.2, 0.25) is 0 Å². The predicted molar refractivity (Wildman–Crippen MR) is 124 cm³/mol. The minimum Gasteiger partial charge on any atom is -0.220 e. The van der Waals surface area contributed by atoms with Crippen LogP contribution >= 0.6 is 23.2 Å². The zero-order valence-corrected chi connectivity index (χ0v) is 19.8. The Hall–Kier alpha value is -2.77. The van der Waals surface area contributed by atoms with Crippen molar-refractivity contribution in [2.45, 2.75) is 46.5 Å². The second-order valence-electron chi connectivity index (χ2n) is 8.13. The Morgan fingerprint density at radius 3 is 2.19 bits per heavy atom. The third-order valence-corrected chi connectivity index (χ3v) is 5.82. The Balaban J connectivity index is 1.79. The maximum Gasteiger partial charge on any atom is 0.147 e. The van der Waals surface area contributed by atoms with Crippen molar-refractivity contribution in [1.29, 1.82) is 0 Å². The smallest absolute Gasteiger partial charge is 0.147 e. The van der Waals surface area contributed by atoms with Gasteiger partial charge in [0.1, 0.15) is 5.82 Å². The van der Waals surface area contributed by atoms with Crippen LogP contribution in [0.3, 0.4) is 0 Å². The van der Waals surface area contributed by atoms with Crippen molar-refractivity contribution < 1.29 is 4.39 Å². The SMILES string of the molecule is Cc1cn(-c2ccc(Cl)c(F)c2CCc2cc(Cl)cc(C(C)C)c2-n2cc(C)nn2)nn1. The molecule has 0 amide bonds. The first kappa shape index (κ1) is 22.4. The lowest BCUT2D eigenvalue weighted by molar-refractivity contribution is 0.604. The number of aryl methyl sites for hydroxylation is 3. The molecule has 0 saturated carbocycles. The van der Waals surface area contributed by atoms with Crippen molar-refractivity contribution in [2.75, 3.05) is 0 Å². The largest absolute Gasteiger partial charge is 0.220 e. The predicted octanol–water partition coefficient (Wildman–Crippen LogP) is 5.82. The molecule has 2 aromatic carbocycles. The number of aromatic nitrogens is 6. The second kappa shape index (κ2) is 9.00. The van der Waals surface area contributed by atoms with Crippen molar-refractivity contribution in [2.24, 2.45) is 0 Å². The van der Waals surface area contributed by atoms with Gasteiger partial charge in [-0.15, -0.1) is 10.2 Å². The summed E-state index contributed by atoms with van der Waals surface area (Å²) in [6.45, 7) is 7.93. The van der Waals surface area contributed by atoms with Crippen LogP contribution in [0.1, 0.15) is 47.8 Å². The lowest BCUT2D eigenvalue weighted by Crippen LogP contribution is -2.10. The zero-order valence-electron chi connectivity index (χ0n) is 18.3. The molecule has 0 atom stereocenters. The van der Waals surface area contributed by atoms with Crippen molar-refractivity contribution in [3.05, 3.63) is 80.6 Å². The van der Waals surface area contributed by atoms with Gasteiger partial charge >= 0.3 is 0 Å². The molecule has 166 valence electrons. The first-order chi connectivity index (χ1) is 15.2. The van der Waals surface area contributed by atoms with Crippen LogP contribution in [-0.2, 0) is 12.8 Å². The van der Waals surface area contributed by atoms with Gasteiger partial charge in [0, 0.05) is 10.6 Å². The number of hydrogen-bond donors (Lipinski definition) is 0. The molecule has 4 rings (SSSR count). The quantitative estimate of drug-likeness (QED) is 0.354. The van der Waals surface area contributed by atoms with E-state index in [1.165, 1.54) is 6.07 Å². The van der Waals surface area contributed by atoms with Crippen molar-refractivity contribution in [3.63, 3.8) is 0 Å². The van der Waals surface area contributed by atoms with Gasteiger partial charge in [-0.2, -0.15) is 0 Å². The average molecular weight is 473 g/mol. The molecule has 6 nitrogen and oxygen atoms in total. The summed E-state index contributed by atoms with van der Waals surface area (Å²) in [4.78, 5) is 0. The molecule has 32 heavy (non-hydrogen) atoms. The standard InChI is InChI=1S/C23H23Cl2FN6/c1-13(2)19-10-17(24)9-16(23(19)32-12-15(4)28-30-32)5-6-18-21(8-7-20(25)22(18)26)31-11-14(3)27-29-31/h7-13H,5-6H2,1-4H3. The van der Waals surface area contributed by atoms with Crippen molar-refractivity contribution in [1.82, 2.24) is 30.0 Å². The van der Waals surface area contributed by atoms with E-state index in [1.807, 2.05) is 32.2 Å². The Kier molecular flexibility index (Phi) is 6.31. The number of nitrogens with zero attached hydrogens (tertiary/aromatic N) is 6. The highest BCUT2D eigenvalue weighted by atomic mass is 35.5. The van der Waals surface area contributed by atoms with E-state index >= 15 is 4.39 Å². The Morgan fingerprint density at radius 2 is 1.59 bits per heavy atom. The summed E-state index contributed by atoms with van der Waals surface area (Å²) < 4.78 is 18.5. The minimum absolute atomic E-state index is 0.0710. The van der Waals surface area contributed by atoms with Crippen molar-refractivity contribution in [3.8, 4) is 11.4 Å². The molecule has 2 heterocycles. The molecule has 0 radical (unpaired) electrons. The van der Waals surface area contributed by atoms with E-state index < -0.39 is 5.82 Å². The highest BCUT2D eigenvalue weighted by molar-refractivity contribution is 6.31. The Morgan fingerprint density at radius 1 is 0.938 bits per heavy atom. The van der Waals surface area contributed by atoms with E-state index in [9.17, 15) is 0 Å². The third kappa shape index (κ3) is 4.40. The van der Waals surface area contributed by atoms with E-state index in [1.54, 1.807) is 21.6 Å². The van der Waals surface area contributed by atoms with Gasteiger partial charge in [-0.1, -0.05) is 47.5 Å². The normalized spacial score (nSPS) is 11.5. The molecule has 9 heteroatoms.